The van der Waals surface area contributed by atoms with Crippen LogP contribution in [0.3, 0.4) is 0 Å². The summed E-state index contributed by atoms with van der Waals surface area (Å²) in [6, 6.07) is 16.1. The summed E-state index contributed by atoms with van der Waals surface area (Å²) in [5.41, 5.74) is 3.54. The highest BCUT2D eigenvalue weighted by Gasteiger charge is 2.27. The van der Waals surface area contributed by atoms with Crippen LogP contribution in [-0.2, 0) is 22.2 Å². The Hall–Kier alpha value is -3.32. The zero-order chi connectivity index (χ0) is 21.5. The molecule has 1 heterocycles. The first kappa shape index (κ1) is 19.6. The predicted molar refractivity (Wildman–Crippen MR) is 114 cm³/mol. The van der Waals surface area contributed by atoms with Crippen LogP contribution in [0, 0.1) is 11.6 Å². The van der Waals surface area contributed by atoms with E-state index in [4.69, 9.17) is 4.74 Å². The highest BCUT2D eigenvalue weighted by atomic mass is 32.2. The van der Waals surface area contributed by atoms with Gasteiger partial charge in [0.15, 0.2) is 11.0 Å². The van der Waals surface area contributed by atoms with Crippen molar-refractivity contribution in [3.05, 3.63) is 95.1 Å². The number of ether oxygens (including phenoxy) is 1. The van der Waals surface area contributed by atoms with Gasteiger partial charge < -0.3 is 4.74 Å². The number of carbonyl (C=O) groups excluding carboxylic acids is 1. The van der Waals surface area contributed by atoms with Gasteiger partial charge in [0.05, 0.1) is 4.91 Å². The molecule has 3 aromatic carbocycles. The molecule has 3 aromatic rings. The summed E-state index contributed by atoms with van der Waals surface area (Å²) >= 11 is 0. The summed E-state index contributed by atoms with van der Waals surface area (Å²) in [6.07, 6.45) is 2.54. The molecule has 1 N–H and O–H groups in total. The third-order valence-electron chi connectivity index (χ3n) is 5.51. The van der Waals surface area contributed by atoms with Crippen molar-refractivity contribution >= 4 is 21.8 Å². The molecule has 0 aromatic heterocycles. The van der Waals surface area contributed by atoms with Crippen molar-refractivity contribution in [2.45, 2.75) is 18.9 Å². The molecule has 1 unspecified atom stereocenters. The Kier molecular flexibility index (Phi) is 4.90. The van der Waals surface area contributed by atoms with E-state index >= 15 is 0 Å². The second-order valence-corrected chi connectivity index (χ2v) is 8.59. The molecule has 2 atom stereocenters. The maximum Gasteiger partial charge on any atom is 0.257 e. The molecule has 7 heteroatoms. The number of nitrogens with one attached hydrogen (secondary N) is 1. The molecule has 1 aliphatic carbocycles. The summed E-state index contributed by atoms with van der Waals surface area (Å²) < 4.78 is 48.4. The monoisotopic (exact) mass is 437 g/mol. The minimum absolute atomic E-state index is 0.208. The third-order valence-corrected chi connectivity index (χ3v) is 6.65. The van der Waals surface area contributed by atoms with Gasteiger partial charge in [-0.25, -0.2) is 13.0 Å². The average molecular weight is 437 g/mol. The lowest BCUT2D eigenvalue weighted by molar-refractivity contribution is -0.114. The minimum Gasteiger partial charge on any atom is -0.486 e. The Morgan fingerprint density at radius 3 is 2.55 bits per heavy atom. The van der Waals surface area contributed by atoms with Crippen LogP contribution >= 0.6 is 0 Å². The van der Waals surface area contributed by atoms with Gasteiger partial charge in [0.1, 0.15) is 23.5 Å². The van der Waals surface area contributed by atoms with Crippen LogP contribution in [0.15, 0.2) is 66.7 Å². The molecule has 1 aliphatic heterocycles. The van der Waals surface area contributed by atoms with E-state index in [0.717, 1.165) is 29.7 Å². The Morgan fingerprint density at radius 2 is 1.81 bits per heavy atom. The van der Waals surface area contributed by atoms with Gasteiger partial charge in [-0.1, -0.05) is 30.3 Å². The van der Waals surface area contributed by atoms with Gasteiger partial charge in [-0.15, -0.1) is 0 Å². The Balaban J connectivity index is 1.40. The second kappa shape index (κ2) is 7.74. The van der Waals surface area contributed by atoms with Crippen molar-refractivity contribution in [1.82, 2.24) is 4.72 Å². The number of hydrogen-bond acceptors (Lipinski definition) is 3. The van der Waals surface area contributed by atoms with Gasteiger partial charge in [0.25, 0.3) is 5.91 Å². The summed E-state index contributed by atoms with van der Waals surface area (Å²) in [5.74, 6) is -0.675. The van der Waals surface area contributed by atoms with Crippen molar-refractivity contribution in [2.75, 3.05) is 0 Å². The van der Waals surface area contributed by atoms with Gasteiger partial charge >= 0.3 is 0 Å². The molecule has 4 nitrogen and oxygen atoms in total. The van der Waals surface area contributed by atoms with E-state index in [9.17, 15) is 17.8 Å². The molecule has 0 saturated heterocycles. The van der Waals surface area contributed by atoms with Crippen LogP contribution < -0.4 is 9.46 Å². The topological polar surface area (TPSA) is 55.4 Å². The lowest BCUT2D eigenvalue weighted by Gasteiger charge is -2.16. The lowest BCUT2D eigenvalue weighted by Crippen LogP contribution is -2.16. The molecule has 0 spiro atoms. The van der Waals surface area contributed by atoms with E-state index in [-0.39, 0.29) is 17.6 Å². The zero-order valence-electron chi connectivity index (χ0n) is 16.2. The van der Waals surface area contributed by atoms with Gasteiger partial charge in [0.2, 0.25) is 0 Å². The van der Waals surface area contributed by atoms with Gasteiger partial charge in [-0.3, -0.25) is 9.52 Å². The molecule has 31 heavy (non-hydrogen) atoms. The van der Waals surface area contributed by atoms with Crippen molar-refractivity contribution < 1.29 is 22.5 Å². The normalized spacial score (nSPS) is 19.7. The number of fused-ring (bicyclic) bond motifs is 1. The van der Waals surface area contributed by atoms with Crippen molar-refractivity contribution in [3.8, 4) is 16.9 Å². The quantitative estimate of drug-likeness (QED) is 0.636. The zero-order valence-corrected chi connectivity index (χ0v) is 17.0. The fraction of sp³-hybridized carbons (Fsp3) is 0.125. The van der Waals surface area contributed by atoms with Crippen molar-refractivity contribution in [1.29, 1.82) is 0 Å². The highest BCUT2D eigenvalue weighted by molar-refractivity contribution is 7.93. The van der Waals surface area contributed by atoms with Gasteiger partial charge in [0, 0.05) is 11.6 Å². The molecule has 0 saturated carbocycles. The SMILES string of the molecule is O=C1C=C(c2ccc(O[C@@H]3CCc4c(-c5cc(F)ccc5F)cccc43)cc2)S(=O)N1. The van der Waals surface area contributed by atoms with Crippen LogP contribution in [0.2, 0.25) is 0 Å². The van der Waals surface area contributed by atoms with Crippen LogP contribution in [0.4, 0.5) is 8.78 Å². The van der Waals surface area contributed by atoms with Crippen LogP contribution in [0.5, 0.6) is 5.75 Å². The predicted octanol–water partition coefficient (Wildman–Crippen LogP) is 4.83. The van der Waals surface area contributed by atoms with E-state index in [0.29, 0.717) is 28.2 Å². The average Bonchev–Trinajstić information content (AvgIpc) is 3.33. The number of rotatable bonds is 4. The number of carbonyl (C=O) groups is 1. The molecule has 0 radical (unpaired) electrons. The Bertz CT molecular complexity index is 1250. The standard InChI is InChI=1S/C24H17F2NO3S/c25-15-6-10-21(26)20(12-15)17-2-1-3-19-18(17)9-11-22(19)30-16-7-4-14(5-8-16)23-13-24(28)27-31(23)29/h1-8,10,12-13,22H,9,11H2,(H,27,28)/t22-,31?/m1/s1. The van der Waals surface area contributed by atoms with E-state index in [1.165, 1.54) is 12.1 Å². The molecular formula is C24H17F2NO3S. The van der Waals surface area contributed by atoms with Crippen molar-refractivity contribution in [3.63, 3.8) is 0 Å². The van der Waals surface area contributed by atoms with E-state index in [1.807, 2.05) is 12.1 Å². The summed E-state index contributed by atoms with van der Waals surface area (Å²) in [6.45, 7) is 0. The molecule has 0 fully saturated rings. The number of hydrogen-bond donors (Lipinski definition) is 1. The van der Waals surface area contributed by atoms with Gasteiger partial charge in [-0.05, 0) is 65.4 Å². The summed E-state index contributed by atoms with van der Waals surface area (Å²) in [7, 11) is -1.54. The van der Waals surface area contributed by atoms with E-state index < -0.39 is 22.6 Å². The largest absolute Gasteiger partial charge is 0.486 e. The fourth-order valence-corrected chi connectivity index (χ4v) is 5.01. The van der Waals surface area contributed by atoms with Crippen molar-refractivity contribution in [2.24, 2.45) is 0 Å². The molecule has 2 aliphatic rings. The van der Waals surface area contributed by atoms with E-state index in [2.05, 4.69) is 4.72 Å². The molecular weight excluding hydrogens is 420 g/mol. The first-order chi connectivity index (χ1) is 15.0. The number of halogens is 2. The number of amides is 1. The summed E-state index contributed by atoms with van der Waals surface area (Å²) in [4.78, 5) is 11.8. The molecule has 1 amide bonds. The van der Waals surface area contributed by atoms with Crippen LogP contribution in [0.25, 0.3) is 16.0 Å². The van der Waals surface area contributed by atoms with E-state index in [1.54, 1.807) is 30.3 Å². The maximum atomic E-state index is 14.3. The Labute approximate surface area is 180 Å². The minimum atomic E-state index is -1.54. The lowest BCUT2D eigenvalue weighted by atomic mass is 9.96. The molecule has 156 valence electrons. The number of benzene rings is 3. The smallest absolute Gasteiger partial charge is 0.257 e. The van der Waals surface area contributed by atoms with Crippen LogP contribution in [-0.4, -0.2) is 10.1 Å². The van der Waals surface area contributed by atoms with Gasteiger partial charge in [-0.2, -0.15) is 0 Å². The highest BCUT2D eigenvalue weighted by Crippen LogP contribution is 2.41. The Morgan fingerprint density at radius 1 is 1.00 bits per heavy atom. The third kappa shape index (κ3) is 3.65. The first-order valence-corrected chi connectivity index (χ1v) is 10.9. The van der Waals surface area contributed by atoms with Crippen LogP contribution in [0.1, 0.15) is 29.2 Å². The molecule has 0 bridgehead atoms. The maximum absolute atomic E-state index is 14.3. The first-order valence-electron chi connectivity index (χ1n) is 9.78. The second-order valence-electron chi connectivity index (χ2n) is 7.41. The fourth-order valence-electron chi connectivity index (χ4n) is 4.10. The molecule has 5 rings (SSSR count). The summed E-state index contributed by atoms with van der Waals surface area (Å²) in [5, 5.41) is 0.